The highest BCUT2D eigenvalue weighted by atomic mass is 79.9. The van der Waals surface area contributed by atoms with Crippen LogP contribution in [0.15, 0.2) is 22.7 Å². The Kier molecular flexibility index (Phi) is 3.31. The highest BCUT2D eigenvalue weighted by molar-refractivity contribution is 9.10. The van der Waals surface area contributed by atoms with Gasteiger partial charge >= 0.3 is 5.97 Å². The van der Waals surface area contributed by atoms with Gasteiger partial charge in [-0.15, -0.1) is 0 Å². The number of benzene rings is 1. The highest BCUT2D eigenvalue weighted by Crippen LogP contribution is 2.26. The maximum absolute atomic E-state index is 13.6. The lowest BCUT2D eigenvalue weighted by molar-refractivity contribution is 0.0600. The van der Waals surface area contributed by atoms with Crippen molar-refractivity contribution >= 4 is 44.4 Å². The Labute approximate surface area is 110 Å². The molecule has 2 aromatic rings. The number of carbonyl (C=O) groups is 1. The predicted octanol–water partition coefficient (Wildman–Crippen LogP) is 3.58. The molecule has 0 amide bonds. The van der Waals surface area contributed by atoms with E-state index in [4.69, 9.17) is 11.6 Å². The van der Waals surface area contributed by atoms with E-state index in [1.54, 1.807) is 6.07 Å². The first-order chi connectivity index (χ1) is 8.02. The van der Waals surface area contributed by atoms with E-state index in [1.165, 1.54) is 19.2 Å². The highest BCUT2D eigenvalue weighted by Gasteiger charge is 2.15. The van der Waals surface area contributed by atoms with Gasteiger partial charge in [0.05, 0.1) is 12.7 Å². The Morgan fingerprint density at radius 1 is 1.47 bits per heavy atom. The van der Waals surface area contributed by atoms with Crippen molar-refractivity contribution in [3.8, 4) is 0 Å². The summed E-state index contributed by atoms with van der Waals surface area (Å²) < 4.78 is 18.7. The van der Waals surface area contributed by atoms with Crippen molar-refractivity contribution in [3.63, 3.8) is 0 Å². The smallest absolute Gasteiger partial charge is 0.341 e. The summed E-state index contributed by atoms with van der Waals surface area (Å²) in [6, 6.07) is 4.38. The van der Waals surface area contributed by atoms with E-state index >= 15 is 0 Å². The van der Waals surface area contributed by atoms with Gasteiger partial charge in [-0.05, 0) is 18.2 Å². The van der Waals surface area contributed by atoms with Crippen molar-refractivity contribution < 1.29 is 13.9 Å². The van der Waals surface area contributed by atoms with Crippen molar-refractivity contribution in [1.29, 1.82) is 0 Å². The molecular formula is C11H6BrClFNO2. The van der Waals surface area contributed by atoms with Gasteiger partial charge < -0.3 is 4.74 Å². The van der Waals surface area contributed by atoms with Crippen molar-refractivity contribution in [2.75, 3.05) is 7.11 Å². The third-order valence-electron chi connectivity index (χ3n) is 2.20. The molecule has 0 saturated heterocycles. The number of halogens is 3. The monoisotopic (exact) mass is 317 g/mol. The van der Waals surface area contributed by atoms with Crippen molar-refractivity contribution in [2.45, 2.75) is 0 Å². The molecule has 0 aliphatic carbocycles. The SMILES string of the molecule is COC(=O)c1cc2cc(Br)cc(F)c2nc1Cl. The van der Waals surface area contributed by atoms with Gasteiger partial charge in [-0.2, -0.15) is 0 Å². The second-order valence-corrected chi connectivity index (χ2v) is 4.55. The van der Waals surface area contributed by atoms with Crippen LogP contribution in [0.3, 0.4) is 0 Å². The quantitative estimate of drug-likeness (QED) is 0.596. The molecule has 0 atom stereocenters. The molecule has 0 radical (unpaired) electrons. The maximum atomic E-state index is 13.6. The summed E-state index contributed by atoms with van der Waals surface area (Å²) in [6.45, 7) is 0. The second kappa shape index (κ2) is 4.58. The lowest BCUT2D eigenvalue weighted by atomic mass is 10.1. The zero-order chi connectivity index (χ0) is 12.6. The zero-order valence-corrected chi connectivity index (χ0v) is 11.0. The summed E-state index contributed by atoms with van der Waals surface area (Å²) in [5, 5.41) is 0.396. The third-order valence-corrected chi connectivity index (χ3v) is 2.94. The minimum Gasteiger partial charge on any atom is -0.465 e. The van der Waals surface area contributed by atoms with Crippen LogP contribution in [0.5, 0.6) is 0 Å². The summed E-state index contributed by atoms with van der Waals surface area (Å²) >= 11 is 8.96. The molecule has 88 valence electrons. The zero-order valence-electron chi connectivity index (χ0n) is 8.63. The molecule has 2 rings (SSSR count). The average Bonchev–Trinajstić information content (AvgIpc) is 2.28. The molecule has 0 spiro atoms. The van der Waals surface area contributed by atoms with Crippen LogP contribution in [0.4, 0.5) is 4.39 Å². The number of nitrogens with zero attached hydrogens (tertiary/aromatic N) is 1. The number of methoxy groups -OCH3 is 1. The molecule has 1 aromatic heterocycles. The van der Waals surface area contributed by atoms with Crippen LogP contribution < -0.4 is 0 Å². The number of hydrogen-bond donors (Lipinski definition) is 0. The van der Waals surface area contributed by atoms with Crippen LogP contribution in [-0.2, 0) is 4.74 Å². The molecule has 0 aliphatic heterocycles. The molecule has 17 heavy (non-hydrogen) atoms. The van der Waals surface area contributed by atoms with Gasteiger partial charge in [-0.25, -0.2) is 14.2 Å². The normalized spacial score (nSPS) is 10.6. The number of rotatable bonds is 1. The Morgan fingerprint density at radius 3 is 2.82 bits per heavy atom. The Hall–Kier alpha value is -1.20. The summed E-state index contributed by atoms with van der Waals surface area (Å²) in [4.78, 5) is 15.2. The Balaban J connectivity index is 2.76. The van der Waals surface area contributed by atoms with E-state index in [1.807, 2.05) is 0 Å². The minimum absolute atomic E-state index is 0.0782. The summed E-state index contributed by atoms with van der Waals surface area (Å²) in [5.74, 6) is -1.11. The molecule has 0 unspecified atom stereocenters. The van der Waals surface area contributed by atoms with E-state index in [0.717, 1.165) is 0 Å². The Morgan fingerprint density at radius 2 is 2.18 bits per heavy atom. The van der Waals surface area contributed by atoms with E-state index < -0.39 is 11.8 Å². The average molecular weight is 319 g/mol. The van der Waals surface area contributed by atoms with Gasteiger partial charge in [-0.3, -0.25) is 0 Å². The molecule has 6 heteroatoms. The fourth-order valence-corrected chi connectivity index (χ4v) is 2.10. The number of pyridine rings is 1. The molecule has 1 aromatic carbocycles. The fraction of sp³-hybridized carbons (Fsp3) is 0.0909. The van der Waals surface area contributed by atoms with Crippen LogP contribution in [0.2, 0.25) is 5.15 Å². The molecule has 0 bridgehead atoms. The molecule has 3 nitrogen and oxygen atoms in total. The number of fused-ring (bicyclic) bond motifs is 1. The molecule has 0 N–H and O–H groups in total. The first-order valence-corrected chi connectivity index (χ1v) is 5.73. The van der Waals surface area contributed by atoms with Crippen molar-refractivity contribution in [1.82, 2.24) is 4.98 Å². The molecule has 0 fully saturated rings. The first-order valence-electron chi connectivity index (χ1n) is 4.56. The number of hydrogen-bond acceptors (Lipinski definition) is 3. The standard InChI is InChI=1S/C11H6BrClFNO2/c1-17-11(16)7-3-5-2-6(12)4-8(14)9(5)15-10(7)13/h2-4H,1H3. The van der Waals surface area contributed by atoms with Gasteiger partial charge in [0.1, 0.15) is 10.7 Å². The lowest BCUT2D eigenvalue weighted by Crippen LogP contribution is -2.03. The summed E-state index contributed by atoms with van der Waals surface area (Å²) in [7, 11) is 1.24. The van der Waals surface area contributed by atoms with E-state index in [0.29, 0.717) is 9.86 Å². The van der Waals surface area contributed by atoms with Crippen LogP contribution >= 0.6 is 27.5 Å². The minimum atomic E-state index is -0.607. The van der Waals surface area contributed by atoms with Gasteiger partial charge in [0.25, 0.3) is 0 Å². The molecule has 1 heterocycles. The third kappa shape index (κ3) is 2.25. The number of ether oxygens (including phenoxy) is 1. The summed E-state index contributed by atoms with van der Waals surface area (Å²) in [6.07, 6.45) is 0. The maximum Gasteiger partial charge on any atom is 0.341 e. The van der Waals surface area contributed by atoms with Gasteiger partial charge in [-0.1, -0.05) is 27.5 Å². The van der Waals surface area contributed by atoms with Crippen LogP contribution in [0, 0.1) is 5.82 Å². The summed E-state index contributed by atoms with van der Waals surface area (Å²) in [5.41, 5.74) is 0.227. The lowest BCUT2D eigenvalue weighted by Gasteiger charge is -2.05. The van der Waals surface area contributed by atoms with E-state index in [2.05, 4.69) is 25.7 Å². The molecular weight excluding hydrogens is 312 g/mol. The topological polar surface area (TPSA) is 39.2 Å². The number of esters is 1. The second-order valence-electron chi connectivity index (χ2n) is 3.28. The van der Waals surface area contributed by atoms with Crippen molar-refractivity contribution in [2.24, 2.45) is 0 Å². The van der Waals surface area contributed by atoms with Crippen molar-refractivity contribution in [3.05, 3.63) is 39.2 Å². The van der Waals surface area contributed by atoms with Gasteiger partial charge in [0.15, 0.2) is 5.82 Å². The van der Waals surface area contributed by atoms with Gasteiger partial charge in [0.2, 0.25) is 0 Å². The first kappa shape index (κ1) is 12.3. The molecule has 0 aliphatic rings. The van der Waals surface area contributed by atoms with Crippen LogP contribution in [0.25, 0.3) is 10.9 Å². The number of aromatic nitrogens is 1. The predicted molar refractivity (Wildman–Crippen MR) is 65.8 cm³/mol. The van der Waals surface area contributed by atoms with Crippen LogP contribution in [-0.4, -0.2) is 18.1 Å². The molecule has 0 saturated carbocycles. The van der Waals surface area contributed by atoms with Gasteiger partial charge in [0, 0.05) is 9.86 Å². The largest absolute Gasteiger partial charge is 0.465 e. The van der Waals surface area contributed by atoms with Crippen LogP contribution in [0.1, 0.15) is 10.4 Å². The number of carbonyl (C=O) groups excluding carboxylic acids is 1. The van der Waals surface area contributed by atoms with E-state index in [9.17, 15) is 9.18 Å². The van der Waals surface area contributed by atoms with E-state index in [-0.39, 0.29) is 16.2 Å². The fourth-order valence-electron chi connectivity index (χ4n) is 1.44. The Bertz CT molecular complexity index is 618.